The Labute approximate surface area is 178 Å². The predicted octanol–water partition coefficient (Wildman–Crippen LogP) is 3.96. The number of methoxy groups -OCH3 is 1. The van der Waals surface area contributed by atoms with Crippen LogP contribution >= 0.6 is 0 Å². The van der Waals surface area contributed by atoms with E-state index in [2.05, 4.69) is 20.5 Å². The first-order chi connectivity index (χ1) is 14.8. The number of aromatic hydroxyl groups is 1. The maximum Gasteiger partial charge on any atom is 0.267 e. The number of piperidine rings is 1. The molecule has 160 valence electrons. The lowest BCUT2D eigenvalue weighted by Crippen LogP contribution is -2.56. The molecular formula is C23H22F2N4O2. The average Bonchev–Trinajstić information content (AvgIpc) is 2.92. The summed E-state index contributed by atoms with van der Waals surface area (Å²) in [7, 11) is 1.53. The zero-order valence-electron chi connectivity index (χ0n) is 17.1. The summed E-state index contributed by atoms with van der Waals surface area (Å²) in [6.45, 7) is 1.56. The summed E-state index contributed by atoms with van der Waals surface area (Å²) in [6.07, 6.45) is 4.62. The molecule has 2 aromatic heterocycles. The zero-order valence-corrected chi connectivity index (χ0v) is 17.1. The summed E-state index contributed by atoms with van der Waals surface area (Å²) in [6, 6.07) is 8.42. The first-order valence-corrected chi connectivity index (χ1v) is 10.1. The molecule has 0 amide bonds. The first kappa shape index (κ1) is 20.0. The Kier molecular flexibility index (Phi) is 4.53. The minimum absolute atomic E-state index is 0.0884. The molecule has 0 spiro atoms. The Bertz CT molecular complexity index is 1180. The van der Waals surface area contributed by atoms with E-state index in [9.17, 15) is 13.9 Å². The van der Waals surface area contributed by atoms with Gasteiger partial charge in [0.1, 0.15) is 5.75 Å². The molecule has 4 heterocycles. The first-order valence-electron chi connectivity index (χ1n) is 10.1. The van der Waals surface area contributed by atoms with Crippen LogP contribution < -0.4 is 5.32 Å². The fraction of sp³-hybridized carbons (Fsp3) is 0.348. The van der Waals surface area contributed by atoms with Gasteiger partial charge in [0, 0.05) is 42.9 Å². The van der Waals surface area contributed by atoms with E-state index in [0.717, 1.165) is 16.3 Å². The van der Waals surface area contributed by atoms with Gasteiger partial charge in [-0.1, -0.05) is 0 Å². The molecule has 2 aliphatic rings. The summed E-state index contributed by atoms with van der Waals surface area (Å²) >= 11 is 0. The largest absolute Gasteiger partial charge is 0.507 e. The van der Waals surface area contributed by atoms with Gasteiger partial charge in [-0.3, -0.25) is 4.98 Å². The lowest BCUT2D eigenvalue weighted by atomic mass is 9.85. The number of rotatable bonds is 3. The number of benzene rings is 1. The van der Waals surface area contributed by atoms with E-state index in [0.29, 0.717) is 17.0 Å². The van der Waals surface area contributed by atoms with Crippen molar-refractivity contribution in [3.8, 4) is 17.0 Å². The number of hydrogen-bond acceptors (Lipinski definition) is 6. The summed E-state index contributed by atoms with van der Waals surface area (Å²) in [5.74, 6) is -2.71. The van der Waals surface area contributed by atoms with E-state index in [1.807, 2.05) is 12.1 Å². The van der Waals surface area contributed by atoms with Crippen LogP contribution in [0.3, 0.4) is 0 Å². The van der Waals surface area contributed by atoms with Crippen LogP contribution in [0.15, 0.2) is 48.3 Å². The summed E-state index contributed by atoms with van der Waals surface area (Å²) in [5.41, 5.74) is 1.11. The number of phenolic OH excluding ortho intramolecular Hbond substituents is 1. The van der Waals surface area contributed by atoms with E-state index in [1.165, 1.54) is 7.11 Å². The molecule has 2 N–H and O–H groups in total. The SMILES string of the molecule is CO[C@@H]1/C(=C\c2ccc(-c3cc4ccncc4cc3O)nn2)C[C@@]2(C)NC1CC2(F)F. The van der Waals surface area contributed by atoms with E-state index < -0.39 is 23.6 Å². The van der Waals surface area contributed by atoms with Crippen LogP contribution in [0.1, 0.15) is 25.5 Å². The molecule has 0 saturated carbocycles. The summed E-state index contributed by atoms with van der Waals surface area (Å²) in [5, 5.41) is 23.7. The quantitative estimate of drug-likeness (QED) is 0.663. The number of halogens is 2. The molecule has 2 fully saturated rings. The van der Waals surface area contributed by atoms with Crippen LogP contribution in [0.25, 0.3) is 28.1 Å². The smallest absolute Gasteiger partial charge is 0.267 e. The van der Waals surface area contributed by atoms with Crippen molar-refractivity contribution in [2.45, 2.75) is 43.4 Å². The van der Waals surface area contributed by atoms with Gasteiger partial charge in [0.25, 0.3) is 5.92 Å². The molecule has 3 aromatic rings. The minimum Gasteiger partial charge on any atom is -0.507 e. The fourth-order valence-electron chi connectivity index (χ4n) is 4.73. The maximum atomic E-state index is 14.5. The number of pyridine rings is 1. The molecule has 1 unspecified atom stereocenters. The number of fused-ring (bicyclic) bond motifs is 3. The van der Waals surface area contributed by atoms with Crippen LogP contribution in [0.5, 0.6) is 5.75 Å². The Hall–Kier alpha value is -2.97. The molecule has 2 bridgehead atoms. The van der Waals surface area contributed by atoms with Crippen molar-refractivity contribution < 1.29 is 18.6 Å². The second-order valence-electron chi connectivity index (χ2n) is 8.48. The van der Waals surface area contributed by atoms with Crippen LogP contribution in [-0.2, 0) is 4.74 Å². The normalized spacial score (nSPS) is 28.3. The van der Waals surface area contributed by atoms with Crippen LogP contribution in [0.2, 0.25) is 0 Å². The van der Waals surface area contributed by atoms with Gasteiger partial charge in [0.2, 0.25) is 0 Å². The highest BCUT2D eigenvalue weighted by Gasteiger charge is 2.62. The Morgan fingerprint density at radius 2 is 2.03 bits per heavy atom. The van der Waals surface area contributed by atoms with Gasteiger partial charge < -0.3 is 15.2 Å². The summed E-state index contributed by atoms with van der Waals surface area (Å²) < 4.78 is 34.5. The van der Waals surface area contributed by atoms with Crippen molar-refractivity contribution in [1.82, 2.24) is 20.5 Å². The number of alkyl halides is 2. The summed E-state index contributed by atoms with van der Waals surface area (Å²) in [4.78, 5) is 4.06. The third-order valence-corrected chi connectivity index (χ3v) is 6.38. The standard InChI is InChI=1S/C23H22F2N4O2/c1-22-10-14(21(31-2)19(27-22)11-23(22,24)25)7-16-3-4-18(29-28-16)17-8-13-5-6-26-12-15(13)9-20(17)30/h3-9,12,19,21,27,30H,10-11H2,1-2H3/b14-7-/t19?,21-,22-/m1/s1. The van der Waals surface area contributed by atoms with Crippen molar-refractivity contribution in [2.75, 3.05) is 7.11 Å². The van der Waals surface area contributed by atoms with Crippen LogP contribution in [0, 0.1) is 0 Å². The van der Waals surface area contributed by atoms with Crippen molar-refractivity contribution in [3.05, 3.63) is 54.0 Å². The monoisotopic (exact) mass is 424 g/mol. The molecule has 5 rings (SSSR count). The topological polar surface area (TPSA) is 80.2 Å². The Balaban J connectivity index is 1.47. The molecule has 0 aliphatic carbocycles. The van der Waals surface area contributed by atoms with E-state index >= 15 is 0 Å². The van der Waals surface area contributed by atoms with E-state index in [-0.39, 0.29) is 18.6 Å². The highest BCUT2D eigenvalue weighted by atomic mass is 19.3. The number of nitrogens with one attached hydrogen (secondary N) is 1. The molecule has 2 saturated heterocycles. The van der Waals surface area contributed by atoms with Gasteiger partial charge in [-0.25, -0.2) is 8.78 Å². The second kappa shape index (κ2) is 7.03. The maximum absolute atomic E-state index is 14.5. The molecule has 6 nitrogen and oxygen atoms in total. The van der Waals surface area contributed by atoms with Crippen LogP contribution in [0.4, 0.5) is 8.78 Å². The van der Waals surface area contributed by atoms with Crippen molar-refractivity contribution in [3.63, 3.8) is 0 Å². The van der Waals surface area contributed by atoms with Crippen molar-refractivity contribution in [1.29, 1.82) is 0 Å². The second-order valence-corrected chi connectivity index (χ2v) is 8.48. The van der Waals surface area contributed by atoms with Gasteiger partial charge >= 0.3 is 0 Å². The van der Waals surface area contributed by atoms with Crippen molar-refractivity contribution in [2.24, 2.45) is 0 Å². The zero-order chi connectivity index (χ0) is 21.8. The third-order valence-electron chi connectivity index (χ3n) is 6.38. The molecular weight excluding hydrogens is 402 g/mol. The Morgan fingerprint density at radius 1 is 1.19 bits per heavy atom. The van der Waals surface area contributed by atoms with Gasteiger partial charge in [0.05, 0.1) is 23.0 Å². The number of ether oxygens (including phenoxy) is 1. The van der Waals surface area contributed by atoms with Crippen LogP contribution in [-0.4, -0.2) is 51.0 Å². The van der Waals surface area contributed by atoms with E-state index in [4.69, 9.17) is 4.74 Å². The predicted molar refractivity (Wildman–Crippen MR) is 113 cm³/mol. The lowest BCUT2D eigenvalue weighted by Gasteiger charge is -2.38. The minimum atomic E-state index is -2.80. The van der Waals surface area contributed by atoms with Gasteiger partial charge in [-0.15, -0.1) is 5.10 Å². The molecule has 8 heteroatoms. The van der Waals surface area contributed by atoms with Gasteiger partial charge in [0.15, 0.2) is 0 Å². The molecule has 0 radical (unpaired) electrons. The molecule has 1 aromatic carbocycles. The Morgan fingerprint density at radius 3 is 2.77 bits per heavy atom. The van der Waals surface area contributed by atoms with Crippen molar-refractivity contribution >= 4 is 16.8 Å². The number of hydrogen-bond donors (Lipinski definition) is 2. The fourth-order valence-corrected chi connectivity index (χ4v) is 4.73. The van der Waals surface area contributed by atoms with Gasteiger partial charge in [-0.2, -0.15) is 5.10 Å². The lowest BCUT2D eigenvalue weighted by molar-refractivity contribution is -0.0523. The number of phenols is 1. The molecule has 3 atom stereocenters. The highest BCUT2D eigenvalue weighted by molar-refractivity contribution is 5.89. The van der Waals surface area contributed by atoms with Gasteiger partial charge in [-0.05, 0) is 60.7 Å². The highest BCUT2D eigenvalue weighted by Crippen LogP contribution is 2.49. The molecule has 2 aliphatic heterocycles. The average molecular weight is 424 g/mol. The third kappa shape index (κ3) is 3.26. The van der Waals surface area contributed by atoms with E-state index in [1.54, 1.807) is 43.6 Å². The number of aromatic nitrogens is 3. The molecule has 31 heavy (non-hydrogen) atoms. The number of nitrogens with zero attached hydrogens (tertiary/aromatic N) is 3.